The summed E-state index contributed by atoms with van der Waals surface area (Å²) in [5, 5.41) is 7.12. The lowest BCUT2D eigenvalue weighted by atomic mass is 10.1. The third kappa shape index (κ3) is 4.69. The SMILES string of the molecule is C[C@H](CCc1ccccc1)NC(=O)Cn1nc(-c2ccco2)ccc1=O. The van der Waals surface area contributed by atoms with E-state index < -0.39 is 0 Å². The number of hydrogen-bond donors (Lipinski definition) is 1. The zero-order valence-electron chi connectivity index (χ0n) is 14.6. The highest BCUT2D eigenvalue weighted by Gasteiger charge is 2.11. The molecule has 2 heterocycles. The molecular weight excluding hydrogens is 330 g/mol. The highest BCUT2D eigenvalue weighted by Crippen LogP contribution is 2.15. The smallest absolute Gasteiger partial charge is 0.267 e. The van der Waals surface area contributed by atoms with Gasteiger partial charge in [0, 0.05) is 12.1 Å². The van der Waals surface area contributed by atoms with Crippen LogP contribution in [-0.2, 0) is 17.8 Å². The number of aromatic nitrogens is 2. The van der Waals surface area contributed by atoms with Crippen LogP contribution in [0.25, 0.3) is 11.5 Å². The molecule has 3 aromatic rings. The van der Waals surface area contributed by atoms with Crippen LogP contribution in [0.15, 0.2) is 70.1 Å². The fraction of sp³-hybridized carbons (Fsp3) is 0.250. The van der Waals surface area contributed by atoms with Crippen LogP contribution >= 0.6 is 0 Å². The van der Waals surface area contributed by atoms with E-state index in [1.165, 1.54) is 17.9 Å². The molecule has 0 saturated carbocycles. The molecule has 0 spiro atoms. The molecule has 0 bridgehead atoms. The van der Waals surface area contributed by atoms with Crippen molar-refractivity contribution in [1.82, 2.24) is 15.1 Å². The highest BCUT2D eigenvalue weighted by molar-refractivity contribution is 5.75. The van der Waals surface area contributed by atoms with Crippen LogP contribution in [0.1, 0.15) is 18.9 Å². The zero-order valence-corrected chi connectivity index (χ0v) is 14.6. The minimum absolute atomic E-state index is 0.00617. The number of furan rings is 1. The van der Waals surface area contributed by atoms with Crippen molar-refractivity contribution in [2.45, 2.75) is 32.4 Å². The number of carbonyl (C=O) groups is 1. The molecular formula is C20H21N3O3. The maximum absolute atomic E-state index is 12.2. The van der Waals surface area contributed by atoms with Crippen molar-refractivity contribution in [3.8, 4) is 11.5 Å². The van der Waals surface area contributed by atoms with E-state index in [4.69, 9.17) is 4.42 Å². The lowest BCUT2D eigenvalue weighted by Crippen LogP contribution is -2.38. The van der Waals surface area contributed by atoms with E-state index in [0.717, 1.165) is 17.5 Å². The highest BCUT2D eigenvalue weighted by atomic mass is 16.3. The molecule has 1 amide bonds. The summed E-state index contributed by atoms with van der Waals surface area (Å²) in [7, 11) is 0. The number of nitrogens with one attached hydrogen (secondary N) is 1. The Hall–Kier alpha value is -3.15. The molecule has 0 aliphatic carbocycles. The molecule has 0 fully saturated rings. The van der Waals surface area contributed by atoms with Crippen molar-refractivity contribution >= 4 is 5.91 Å². The van der Waals surface area contributed by atoms with Gasteiger partial charge in [-0.05, 0) is 43.5 Å². The fourth-order valence-corrected chi connectivity index (χ4v) is 2.67. The first-order chi connectivity index (χ1) is 12.6. The Balaban J connectivity index is 1.57. The Morgan fingerprint density at radius 1 is 1.15 bits per heavy atom. The molecule has 0 unspecified atom stereocenters. The predicted molar refractivity (Wildman–Crippen MR) is 98.6 cm³/mol. The van der Waals surface area contributed by atoms with Gasteiger partial charge in [-0.3, -0.25) is 9.59 Å². The van der Waals surface area contributed by atoms with Gasteiger partial charge in [0.05, 0.1) is 6.26 Å². The molecule has 3 rings (SSSR count). The summed E-state index contributed by atoms with van der Waals surface area (Å²) in [6.45, 7) is 1.83. The van der Waals surface area contributed by atoms with Crippen LogP contribution < -0.4 is 10.9 Å². The third-order valence-electron chi connectivity index (χ3n) is 4.05. The van der Waals surface area contributed by atoms with Crippen molar-refractivity contribution in [3.63, 3.8) is 0 Å². The van der Waals surface area contributed by atoms with E-state index in [0.29, 0.717) is 11.5 Å². The number of rotatable bonds is 7. The summed E-state index contributed by atoms with van der Waals surface area (Å²) in [6.07, 6.45) is 3.24. The van der Waals surface area contributed by atoms with Gasteiger partial charge in [0.2, 0.25) is 5.91 Å². The van der Waals surface area contributed by atoms with Gasteiger partial charge in [0.1, 0.15) is 12.2 Å². The van der Waals surface area contributed by atoms with Gasteiger partial charge in [-0.2, -0.15) is 5.10 Å². The second-order valence-corrected chi connectivity index (χ2v) is 6.18. The monoisotopic (exact) mass is 351 g/mol. The molecule has 1 N–H and O–H groups in total. The van der Waals surface area contributed by atoms with Gasteiger partial charge in [0.25, 0.3) is 5.56 Å². The number of benzene rings is 1. The Morgan fingerprint density at radius 2 is 1.96 bits per heavy atom. The molecule has 0 radical (unpaired) electrons. The summed E-state index contributed by atoms with van der Waals surface area (Å²) >= 11 is 0. The van der Waals surface area contributed by atoms with E-state index in [2.05, 4.69) is 22.5 Å². The summed E-state index contributed by atoms with van der Waals surface area (Å²) in [4.78, 5) is 24.2. The number of carbonyl (C=O) groups excluding carboxylic acids is 1. The van der Waals surface area contributed by atoms with Crippen LogP contribution in [0, 0.1) is 0 Å². The van der Waals surface area contributed by atoms with Crippen molar-refractivity contribution in [2.75, 3.05) is 0 Å². The Morgan fingerprint density at radius 3 is 2.69 bits per heavy atom. The van der Waals surface area contributed by atoms with E-state index >= 15 is 0 Å². The summed E-state index contributed by atoms with van der Waals surface area (Å²) in [5.74, 6) is 0.312. The maximum Gasteiger partial charge on any atom is 0.267 e. The Labute approximate surface area is 151 Å². The molecule has 1 atom stereocenters. The quantitative estimate of drug-likeness (QED) is 0.710. The average Bonchev–Trinajstić information content (AvgIpc) is 3.17. The Kier molecular flexibility index (Phi) is 5.63. The fourth-order valence-electron chi connectivity index (χ4n) is 2.67. The molecule has 2 aromatic heterocycles. The van der Waals surface area contributed by atoms with Crippen LogP contribution in [0.3, 0.4) is 0 Å². The minimum atomic E-state index is -0.326. The van der Waals surface area contributed by atoms with Crippen molar-refractivity contribution < 1.29 is 9.21 Å². The zero-order chi connectivity index (χ0) is 18.4. The predicted octanol–water partition coefficient (Wildman–Crippen LogP) is 2.64. The van der Waals surface area contributed by atoms with Crippen LogP contribution in [0.2, 0.25) is 0 Å². The lowest BCUT2D eigenvalue weighted by molar-refractivity contribution is -0.122. The van der Waals surface area contributed by atoms with Crippen molar-refractivity contribution in [1.29, 1.82) is 0 Å². The van der Waals surface area contributed by atoms with Gasteiger partial charge in [-0.1, -0.05) is 30.3 Å². The number of amides is 1. The standard InChI is InChI=1S/C20H21N3O3/c1-15(9-10-16-6-3-2-4-7-16)21-19(24)14-23-20(25)12-11-17(22-23)18-8-5-13-26-18/h2-8,11-13,15H,9-10,14H2,1H3,(H,21,24)/t15-/m1/s1. The second-order valence-electron chi connectivity index (χ2n) is 6.18. The Bertz CT molecular complexity index is 902. The van der Waals surface area contributed by atoms with Crippen molar-refractivity contribution in [2.24, 2.45) is 0 Å². The van der Waals surface area contributed by atoms with Crippen molar-refractivity contribution in [3.05, 3.63) is 76.8 Å². The van der Waals surface area contributed by atoms with E-state index in [-0.39, 0.29) is 24.1 Å². The summed E-state index contributed by atoms with van der Waals surface area (Å²) in [5.41, 5.74) is 1.42. The first-order valence-corrected chi connectivity index (χ1v) is 8.57. The lowest BCUT2D eigenvalue weighted by Gasteiger charge is -2.14. The van der Waals surface area contributed by atoms with E-state index in [9.17, 15) is 9.59 Å². The molecule has 6 nitrogen and oxygen atoms in total. The number of aryl methyl sites for hydroxylation is 1. The van der Waals surface area contributed by atoms with Gasteiger partial charge in [-0.15, -0.1) is 0 Å². The van der Waals surface area contributed by atoms with E-state index in [1.807, 2.05) is 25.1 Å². The number of nitrogens with zero attached hydrogens (tertiary/aromatic N) is 2. The normalized spacial score (nSPS) is 11.9. The summed E-state index contributed by atoms with van der Waals surface area (Å²) in [6, 6.07) is 16.6. The third-order valence-corrected chi connectivity index (χ3v) is 4.05. The van der Waals surface area contributed by atoms with Crippen LogP contribution in [-0.4, -0.2) is 21.7 Å². The van der Waals surface area contributed by atoms with Crippen LogP contribution in [0.4, 0.5) is 0 Å². The molecule has 0 aliphatic heterocycles. The van der Waals surface area contributed by atoms with E-state index in [1.54, 1.807) is 18.2 Å². The van der Waals surface area contributed by atoms with Gasteiger partial charge in [-0.25, -0.2) is 4.68 Å². The average molecular weight is 351 g/mol. The largest absolute Gasteiger partial charge is 0.463 e. The van der Waals surface area contributed by atoms with Gasteiger partial charge < -0.3 is 9.73 Å². The second kappa shape index (κ2) is 8.29. The summed E-state index contributed by atoms with van der Waals surface area (Å²) < 4.78 is 6.43. The topological polar surface area (TPSA) is 77.1 Å². The molecule has 1 aromatic carbocycles. The number of hydrogen-bond acceptors (Lipinski definition) is 4. The molecule has 26 heavy (non-hydrogen) atoms. The first kappa shape index (κ1) is 17.7. The van der Waals surface area contributed by atoms with Gasteiger partial charge in [0.15, 0.2) is 5.76 Å². The maximum atomic E-state index is 12.2. The molecule has 6 heteroatoms. The first-order valence-electron chi connectivity index (χ1n) is 8.57. The van der Waals surface area contributed by atoms with Crippen LogP contribution in [0.5, 0.6) is 0 Å². The molecule has 0 aliphatic rings. The minimum Gasteiger partial charge on any atom is -0.463 e. The van der Waals surface area contributed by atoms with Gasteiger partial charge >= 0.3 is 0 Å². The molecule has 0 saturated heterocycles. The molecule has 134 valence electrons.